The number of methoxy groups -OCH3 is 2. The molecule has 0 saturated heterocycles. The molecule has 0 aliphatic carbocycles. The van der Waals surface area contributed by atoms with Gasteiger partial charge in [0.2, 0.25) is 0 Å². The number of ether oxygens (including phenoxy) is 2. The number of hydrogen-bond acceptors (Lipinski definition) is 5. The summed E-state index contributed by atoms with van der Waals surface area (Å²) in [6, 6.07) is 7.47. The van der Waals surface area contributed by atoms with E-state index in [-0.39, 0.29) is 5.91 Å². The number of benzene rings is 1. The fourth-order valence-electron chi connectivity index (χ4n) is 2.94. The number of nitrogens with zero attached hydrogens (tertiary/aromatic N) is 2. The number of hydrogen-bond donors (Lipinski definition) is 1. The minimum atomic E-state index is 0.00864. The Morgan fingerprint density at radius 3 is 2.54 bits per heavy atom. The average Bonchev–Trinajstić information content (AvgIpc) is 2.65. The molecule has 0 atom stereocenters. The summed E-state index contributed by atoms with van der Waals surface area (Å²) in [6.45, 7) is 1.24. The summed E-state index contributed by atoms with van der Waals surface area (Å²) >= 11 is 0. The SMILES string of the molecule is CNc1cc(C(=O)N2CCc3cc(OC)c(OC)cc3C2)ccn1. The summed E-state index contributed by atoms with van der Waals surface area (Å²) in [5.41, 5.74) is 2.93. The van der Waals surface area contributed by atoms with Gasteiger partial charge < -0.3 is 19.7 Å². The quantitative estimate of drug-likeness (QED) is 0.934. The molecule has 2 aromatic rings. The minimum Gasteiger partial charge on any atom is -0.493 e. The van der Waals surface area contributed by atoms with Crippen LogP contribution < -0.4 is 14.8 Å². The van der Waals surface area contributed by atoms with Crippen molar-refractivity contribution in [2.24, 2.45) is 0 Å². The van der Waals surface area contributed by atoms with Crippen LogP contribution in [0.25, 0.3) is 0 Å². The van der Waals surface area contributed by atoms with Gasteiger partial charge in [-0.3, -0.25) is 4.79 Å². The summed E-state index contributed by atoms with van der Waals surface area (Å²) in [6.07, 6.45) is 2.44. The van der Waals surface area contributed by atoms with Gasteiger partial charge in [-0.05, 0) is 41.8 Å². The van der Waals surface area contributed by atoms with Gasteiger partial charge in [0.15, 0.2) is 11.5 Å². The van der Waals surface area contributed by atoms with Crippen LogP contribution in [0.2, 0.25) is 0 Å². The predicted octanol–water partition coefficient (Wildman–Crippen LogP) is 2.34. The smallest absolute Gasteiger partial charge is 0.254 e. The number of anilines is 1. The Morgan fingerprint density at radius 1 is 1.17 bits per heavy atom. The molecule has 1 aromatic heterocycles. The van der Waals surface area contributed by atoms with Crippen LogP contribution in [0.15, 0.2) is 30.5 Å². The zero-order valence-electron chi connectivity index (χ0n) is 14.1. The van der Waals surface area contributed by atoms with Crippen molar-refractivity contribution < 1.29 is 14.3 Å². The Morgan fingerprint density at radius 2 is 1.88 bits per heavy atom. The Kier molecular flexibility index (Phi) is 4.55. The second-order valence-electron chi connectivity index (χ2n) is 5.63. The lowest BCUT2D eigenvalue weighted by atomic mass is 9.98. The number of pyridine rings is 1. The Bertz CT molecular complexity index is 761. The van der Waals surface area contributed by atoms with E-state index in [0.29, 0.717) is 30.2 Å². The maximum Gasteiger partial charge on any atom is 0.254 e. The van der Waals surface area contributed by atoms with Gasteiger partial charge in [-0.15, -0.1) is 0 Å². The summed E-state index contributed by atoms with van der Waals surface area (Å²) < 4.78 is 10.7. The molecule has 1 aromatic carbocycles. The zero-order valence-corrected chi connectivity index (χ0v) is 14.1. The lowest BCUT2D eigenvalue weighted by Gasteiger charge is -2.29. The molecule has 0 radical (unpaired) electrons. The largest absolute Gasteiger partial charge is 0.493 e. The van der Waals surface area contributed by atoms with E-state index in [0.717, 1.165) is 17.7 Å². The highest BCUT2D eigenvalue weighted by atomic mass is 16.5. The normalized spacial score (nSPS) is 13.2. The van der Waals surface area contributed by atoms with Crippen molar-refractivity contribution in [1.82, 2.24) is 9.88 Å². The number of rotatable bonds is 4. The van der Waals surface area contributed by atoms with Gasteiger partial charge in [0.05, 0.1) is 14.2 Å². The Hall–Kier alpha value is -2.76. The first-order chi connectivity index (χ1) is 11.7. The third-order valence-corrected chi connectivity index (χ3v) is 4.27. The molecule has 0 bridgehead atoms. The lowest BCUT2D eigenvalue weighted by Crippen LogP contribution is -2.36. The van der Waals surface area contributed by atoms with Crippen LogP contribution in [0.1, 0.15) is 21.5 Å². The topological polar surface area (TPSA) is 63.7 Å². The van der Waals surface area contributed by atoms with E-state index in [2.05, 4.69) is 10.3 Å². The molecule has 6 nitrogen and oxygen atoms in total. The second kappa shape index (κ2) is 6.78. The maximum atomic E-state index is 12.8. The van der Waals surface area contributed by atoms with E-state index in [4.69, 9.17) is 9.47 Å². The molecule has 6 heteroatoms. The summed E-state index contributed by atoms with van der Waals surface area (Å²) in [5.74, 6) is 2.11. The van der Waals surface area contributed by atoms with Gasteiger partial charge in [0.25, 0.3) is 5.91 Å². The van der Waals surface area contributed by atoms with E-state index in [1.165, 1.54) is 5.56 Å². The lowest BCUT2D eigenvalue weighted by molar-refractivity contribution is 0.0734. The van der Waals surface area contributed by atoms with Crippen molar-refractivity contribution in [3.63, 3.8) is 0 Å². The van der Waals surface area contributed by atoms with Crippen LogP contribution in [0.3, 0.4) is 0 Å². The summed E-state index contributed by atoms with van der Waals surface area (Å²) in [7, 11) is 5.03. The number of amides is 1. The van der Waals surface area contributed by atoms with Crippen LogP contribution in [-0.4, -0.2) is 43.6 Å². The molecule has 2 heterocycles. The van der Waals surface area contributed by atoms with Gasteiger partial charge in [-0.2, -0.15) is 0 Å². The van der Waals surface area contributed by atoms with Crippen LogP contribution in [0.4, 0.5) is 5.82 Å². The number of nitrogens with one attached hydrogen (secondary N) is 1. The van der Waals surface area contributed by atoms with Crippen molar-refractivity contribution in [3.8, 4) is 11.5 Å². The zero-order chi connectivity index (χ0) is 17.1. The van der Waals surface area contributed by atoms with E-state index in [9.17, 15) is 4.79 Å². The molecule has 0 fully saturated rings. The predicted molar refractivity (Wildman–Crippen MR) is 91.8 cm³/mol. The number of aromatic nitrogens is 1. The van der Waals surface area contributed by atoms with Gasteiger partial charge in [0, 0.05) is 31.9 Å². The fraction of sp³-hybridized carbons (Fsp3) is 0.333. The van der Waals surface area contributed by atoms with Crippen LogP contribution in [0.5, 0.6) is 11.5 Å². The van der Waals surface area contributed by atoms with Gasteiger partial charge in [-0.1, -0.05) is 0 Å². The number of fused-ring (bicyclic) bond motifs is 1. The van der Waals surface area contributed by atoms with Crippen LogP contribution in [0, 0.1) is 0 Å². The van der Waals surface area contributed by atoms with Gasteiger partial charge >= 0.3 is 0 Å². The Balaban J connectivity index is 1.85. The first-order valence-corrected chi connectivity index (χ1v) is 7.83. The highest BCUT2D eigenvalue weighted by Crippen LogP contribution is 2.33. The van der Waals surface area contributed by atoms with Crippen LogP contribution in [-0.2, 0) is 13.0 Å². The van der Waals surface area contributed by atoms with E-state index in [1.807, 2.05) is 17.0 Å². The maximum absolute atomic E-state index is 12.8. The third-order valence-electron chi connectivity index (χ3n) is 4.27. The van der Waals surface area contributed by atoms with Crippen molar-refractivity contribution in [1.29, 1.82) is 0 Å². The molecule has 1 aliphatic heterocycles. The molecule has 1 amide bonds. The molecule has 0 saturated carbocycles. The van der Waals surface area contributed by atoms with Gasteiger partial charge in [0.1, 0.15) is 5.82 Å². The van der Waals surface area contributed by atoms with E-state index < -0.39 is 0 Å². The first kappa shape index (κ1) is 16.1. The number of carbonyl (C=O) groups is 1. The molecule has 1 N–H and O–H groups in total. The van der Waals surface area contributed by atoms with Crippen molar-refractivity contribution in [2.75, 3.05) is 33.1 Å². The molecule has 0 unspecified atom stereocenters. The van der Waals surface area contributed by atoms with E-state index in [1.54, 1.807) is 39.6 Å². The third kappa shape index (κ3) is 2.99. The van der Waals surface area contributed by atoms with Gasteiger partial charge in [-0.25, -0.2) is 4.98 Å². The molecule has 126 valence electrons. The molecule has 24 heavy (non-hydrogen) atoms. The second-order valence-corrected chi connectivity index (χ2v) is 5.63. The standard InChI is InChI=1S/C18H21N3O3/c1-19-17-10-13(4-6-20-17)18(22)21-7-5-12-8-15(23-2)16(24-3)9-14(12)11-21/h4,6,8-10H,5,7,11H2,1-3H3,(H,19,20). The molecule has 3 rings (SSSR count). The number of carbonyl (C=O) groups excluding carboxylic acids is 1. The van der Waals surface area contributed by atoms with E-state index >= 15 is 0 Å². The van der Waals surface area contributed by atoms with Crippen molar-refractivity contribution in [2.45, 2.75) is 13.0 Å². The molecule has 1 aliphatic rings. The van der Waals surface area contributed by atoms with Crippen molar-refractivity contribution in [3.05, 3.63) is 47.2 Å². The summed E-state index contributed by atoms with van der Waals surface area (Å²) in [5, 5.41) is 2.96. The molecule has 0 spiro atoms. The van der Waals surface area contributed by atoms with Crippen molar-refractivity contribution >= 4 is 11.7 Å². The van der Waals surface area contributed by atoms with Crippen LogP contribution >= 0.6 is 0 Å². The molecular formula is C18H21N3O3. The molecular weight excluding hydrogens is 306 g/mol. The minimum absolute atomic E-state index is 0.00864. The Labute approximate surface area is 141 Å². The highest BCUT2D eigenvalue weighted by Gasteiger charge is 2.24. The highest BCUT2D eigenvalue weighted by molar-refractivity contribution is 5.95. The first-order valence-electron chi connectivity index (χ1n) is 7.83. The monoisotopic (exact) mass is 327 g/mol. The summed E-state index contributed by atoms with van der Waals surface area (Å²) in [4.78, 5) is 18.8. The fourth-order valence-corrected chi connectivity index (χ4v) is 2.94. The average molecular weight is 327 g/mol.